The average Bonchev–Trinajstić information content (AvgIpc) is 2.13. The van der Waals surface area contributed by atoms with Gasteiger partial charge in [0.25, 0.3) is 0 Å². The third-order valence-electron chi connectivity index (χ3n) is 3.59. The van der Waals surface area contributed by atoms with Crippen LogP contribution in [0.4, 0.5) is 0 Å². The molecule has 0 heterocycles. The van der Waals surface area contributed by atoms with Crippen LogP contribution in [-0.4, -0.2) is 10.7 Å². The second-order valence-corrected chi connectivity index (χ2v) is 5.99. The summed E-state index contributed by atoms with van der Waals surface area (Å²) in [5.41, 5.74) is 1.08. The molecule has 0 amide bonds. The SMILES string of the molecule is CCCCC(C)(O)C1=CCCC(C)(C)C1. The van der Waals surface area contributed by atoms with Gasteiger partial charge in [-0.05, 0) is 43.6 Å². The Bertz CT molecular complexity index is 236. The lowest BCUT2D eigenvalue weighted by molar-refractivity contribution is 0.0725. The molecule has 0 aromatic heterocycles. The predicted molar refractivity (Wildman–Crippen MR) is 65.9 cm³/mol. The first-order chi connectivity index (χ1) is 6.87. The van der Waals surface area contributed by atoms with Crippen molar-refractivity contribution in [3.05, 3.63) is 11.6 Å². The van der Waals surface area contributed by atoms with Crippen LogP contribution in [0.5, 0.6) is 0 Å². The molecule has 1 nitrogen and oxygen atoms in total. The Morgan fingerprint density at radius 1 is 1.47 bits per heavy atom. The number of hydrogen-bond donors (Lipinski definition) is 1. The van der Waals surface area contributed by atoms with Gasteiger partial charge in [-0.25, -0.2) is 0 Å². The van der Waals surface area contributed by atoms with Crippen LogP contribution in [0.1, 0.15) is 66.2 Å². The maximum Gasteiger partial charge on any atom is 0.0828 e. The summed E-state index contributed by atoms with van der Waals surface area (Å²) in [7, 11) is 0. The van der Waals surface area contributed by atoms with Crippen molar-refractivity contribution in [3.63, 3.8) is 0 Å². The number of rotatable bonds is 4. The molecule has 15 heavy (non-hydrogen) atoms. The topological polar surface area (TPSA) is 20.2 Å². The van der Waals surface area contributed by atoms with Crippen LogP contribution in [0, 0.1) is 5.41 Å². The van der Waals surface area contributed by atoms with Crippen LogP contribution in [0.25, 0.3) is 0 Å². The fourth-order valence-corrected chi connectivity index (χ4v) is 2.41. The first-order valence-electron chi connectivity index (χ1n) is 6.29. The van der Waals surface area contributed by atoms with E-state index in [0.29, 0.717) is 5.41 Å². The minimum absolute atomic E-state index is 0.375. The number of unbranched alkanes of at least 4 members (excludes halogenated alkanes) is 1. The fraction of sp³-hybridized carbons (Fsp3) is 0.857. The Kier molecular flexibility index (Phi) is 3.99. The Morgan fingerprint density at radius 3 is 2.67 bits per heavy atom. The maximum absolute atomic E-state index is 10.4. The van der Waals surface area contributed by atoms with Gasteiger partial charge in [-0.2, -0.15) is 0 Å². The molecule has 0 radical (unpaired) electrons. The second kappa shape index (κ2) is 4.69. The highest BCUT2D eigenvalue weighted by molar-refractivity contribution is 5.19. The highest BCUT2D eigenvalue weighted by atomic mass is 16.3. The van der Waals surface area contributed by atoms with Gasteiger partial charge in [0.2, 0.25) is 0 Å². The predicted octanol–water partition coefficient (Wildman–Crippen LogP) is 4.06. The molecular formula is C14H26O. The smallest absolute Gasteiger partial charge is 0.0828 e. The van der Waals surface area contributed by atoms with Crippen molar-refractivity contribution in [1.29, 1.82) is 0 Å². The minimum atomic E-state index is -0.562. The van der Waals surface area contributed by atoms with E-state index >= 15 is 0 Å². The molecule has 0 aromatic rings. The van der Waals surface area contributed by atoms with Gasteiger partial charge in [-0.3, -0.25) is 0 Å². The van der Waals surface area contributed by atoms with Crippen LogP contribution in [0.15, 0.2) is 11.6 Å². The normalized spacial score (nSPS) is 24.5. The summed E-state index contributed by atoms with van der Waals surface area (Å²) in [6.45, 7) is 8.76. The van der Waals surface area contributed by atoms with Gasteiger partial charge < -0.3 is 5.11 Å². The van der Waals surface area contributed by atoms with Crippen molar-refractivity contribution < 1.29 is 5.11 Å². The summed E-state index contributed by atoms with van der Waals surface area (Å²) >= 11 is 0. The molecule has 1 rings (SSSR count). The van der Waals surface area contributed by atoms with Crippen molar-refractivity contribution >= 4 is 0 Å². The first kappa shape index (κ1) is 12.8. The fourth-order valence-electron chi connectivity index (χ4n) is 2.41. The second-order valence-electron chi connectivity index (χ2n) is 5.99. The van der Waals surface area contributed by atoms with E-state index in [-0.39, 0.29) is 0 Å². The molecule has 1 unspecified atom stereocenters. The molecule has 0 bridgehead atoms. The molecule has 0 aromatic carbocycles. The quantitative estimate of drug-likeness (QED) is 0.694. The molecule has 1 aliphatic carbocycles. The van der Waals surface area contributed by atoms with Crippen molar-refractivity contribution in [3.8, 4) is 0 Å². The highest BCUT2D eigenvalue weighted by Gasteiger charge is 2.32. The lowest BCUT2D eigenvalue weighted by atomic mass is 9.72. The van der Waals surface area contributed by atoms with Gasteiger partial charge in [0.05, 0.1) is 5.60 Å². The third-order valence-corrected chi connectivity index (χ3v) is 3.59. The zero-order valence-corrected chi connectivity index (χ0v) is 10.8. The Labute approximate surface area is 94.6 Å². The molecule has 0 spiro atoms. The van der Waals surface area contributed by atoms with Crippen LogP contribution in [-0.2, 0) is 0 Å². The Balaban J connectivity index is 2.66. The summed E-state index contributed by atoms with van der Waals surface area (Å²) < 4.78 is 0. The molecule has 0 saturated heterocycles. The van der Waals surface area contributed by atoms with Crippen molar-refractivity contribution in [2.24, 2.45) is 5.41 Å². The summed E-state index contributed by atoms with van der Waals surface area (Å²) in [5.74, 6) is 0. The highest BCUT2D eigenvalue weighted by Crippen LogP contribution is 2.40. The number of allylic oxidation sites excluding steroid dienone is 1. The largest absolute Gasteiger partial charge is 0.386 e. The number of hydrogen-bond acceptors (Lipinski definition) is 1. The molecule has 0 saturated carbocycles. The molecule has 1 N–H and O–H groups in total. The third kappa shape index (κ3) is 3.64. The lowest BCUT2D eigenvalue weighted by Gasteiger charge is -2.36. The average molecular weight is 210 g/mol. The standard InChI is InChI=1S/C14H26O/c1-5-6-10-14(4,15)12-8-7-9-13(2,3)11-12/h8,15H,5-7,9-11H2,1-4H3. The zero-order chi connectivity index (χ0) is 11.5. The van der Waals surface area contributed by atoms with Crippen molar-refractivity contribution in [2.75, 3.05) is 0 Å². The molecular weight excluding hydrogens is 184 g/mol. The summed E-state index contributed by atoms with van der Waals surface area (Å²) in [5, 5.41) is 10.4. The van der Waals surface area contributed by atoms with E-state index in [1.54, 1.807) is 0 Å². The van der Waals surface area contributed by atoms with Crippen LogP contribution in [0.2, 0.25) is 0 Å². The Hall–Kier alpha value is -0.300. The van der Waals surface area contributed by atoms with Gasteiger partial charge in [0.1, 0.15) is 0 Å². The summed E-state index contributed by atoms with van der Waals surface area (Å²) in [6.07, 6.45) is 8.89. The van der Waals surface area contributed by atoms with Gasteiger partial charge in [-0.1, -0.05) is 39.7 Å². The van der Waals surface area contributed by atoms with Gasteiger partial charge in [-0.15, -0.1) is 0 Å². The molecule has 1 atom stereocenters. The molecule has 88 valence electrons. The van der Waals surface area contributed by atoms with Crippen LogP contribution < -0.4 is 0 Å². The van der Waals surface area contributed by atoms with E-state index < -0.39 is 5.60 Å². The van der Waals surface area contributed by atoms with Crippen molar-refractivity contribution in [1.82, 2.24) is 0 Å². The number of aliphatic hydroxyl groups is 1. The first-order valence-corrected chi connectivity index (χ1v) is 6.29. The van der Waals surface area contributed by atoms with Gasteiger partial charge in [0, 0.05) is 0 Å². The zero-order valence-electron chi connectivity index (χ0n) is 10.8. The van der Waals surface area contributed by atoms with Crippen LogP contribution >= 0.6 is 0 Å². The van der Waals surface area contributed by atoms with E-state index in [4.69, 9.17) is 0 Å². The molecule has 0 aliphatic heterocycles. The van der Waals surface area contributed by atoms with Crippen LogP contribution in [0.3, 0.4) is 0 Å². The maximum atomic E-state index is 10.4. The van der Waals surface area contributed by atoms with Crippen molar-refractivity contribution in [2.45, 2.75) is 71.8 Å². The van der Waals surface area contributed by atoms with E-state index in [0.717, 1.165) is 32.1 Å². The minimum Gasteiger partial charge on any atom is -0.386 e. The Morgan fingerprint density at radius 2 is 2.13 bits per heavy atom. The molecule has 1 heteroatoms. The molecule has 0 fully saturated rings. The lowest BCUT2D eigenvalue weighted by Crippen LogP contribution is -2.32. The van der Waals surface area contributed by atoms with E-state index in [9.17, 15) is 5.11 Å². The van der Waals surface area contributed by atoms with E-state index in [1.807, 2.05) is 6.92 Å². The van der Waals surface area contributed by atoms with Gasteiger partial charge >= 0.3 is 0 Å². The monoisotopic (exact) mass is 210 g/mol. The van der Waals surface area contributed by atoms with E-state index in [1.165, 1.54) is 12.0 Å². The summed E-state index contributed by atoms with van der Waals surface area (Å²) in [6, 6.07) is 0. The van der Waals surface area contributed by atoms with Gasteiger partial charge in [0.15, 0.2) is 0 Å². The van der Waals surface area contributed by atoms with E-state index in [2.05, 4.69) is 26.8 Å². The summed E-state index contributed by atoms with van der Waals surface area (Å²) in [4.78, 5) is 0. The molecule has 1 aliphatic rings.